The van der Waals surface area contributed by atoms with Crippen LogP contribution in [-0.2, 0) is 14.3 Å². The van der Waals surface area contributed by atoms with Gasteiger partial charge in [-0.2, -0.15) is 0 Å². The van der Waals surface area contributed by atoms with E-state index in [-0.39, 0.29) is 5.97 Å². The molecule has 0 N–H and O–H groups in total. The number of likely N-dealkylation sites (N-methyl/N-ethyl adjacent to an activating group) is 1. The molecule has 5 heteroatoms. The first-order chi connectivity index (χ1) is 10.9. The van der Waals surface area contributed by atoms with Crippen molar-refractivity contribution in [3.8, 4) is 0 Å². The van der Waals surface area contributed by atoms with Crippen molar-refractivity contribution in [2.75, 3.05) is 20.3 Å². The van der Waals surface area contributed by atoms with E-state index in [0.29, 0.717) is 25.6 Å². The first-order valence-electron chi connectivity index (χ1n) is 9.00. The van der Waals surface area contributed by atoms with Crippen molar-refractivity contribution in [3.63, 3.8) is 0 Å². The van der Waals surface area contributed by atoms with E-state index >= 15 is 0 Å². The van der Waals surface area contributed by atoms with Gasteiger partial charge >= 0.3 is 12.1 Å². The minimum atomic E-state index is -0.575. The van der Waals surface area contributed by atoms with Crippen molar-refractivity contribution < 1.29 is 19.1 Å². The minimum absolute atomic E-state index is 0.290. The van der Waals surface area contributed by atoms with Gasteiger partial charge < -0.3 is 9.47 Å². The lowest BCUT2D eigenvalue weighted by Gasteiger charge is -2.27. The third kappa shape index (κ3) is 10.2. The largest absolute Gasteiger partial charge is 0.464 e. The molecule has 0 aliphatic heterocycles. The molecule has 0 saturated carbocycles. The summed E-state index contributed by atoms with van der Waals surface area (Å²) in [6.45, 7) is 8.71. The molecular formula is C18H35NO4. The fourth-order valence-corrected chi connectivity index (χ4v) is 2.36. The average molecular weight is 329 g/mol. The van der Waals surface area contributed by atoms with Gasteiger partial charge in [0.05, 0.1) is 13.2 Å². The fourth-order valence-electron chi connectivity index (χ4n) is 2.36. The van der Waals surface area contributed by atoms with Crippen molar-refractivity contribution in [3.05, 3.63) is 0 Å². The topological polar surface area (TPSA) is 55.8 Å². The van der Waals surface area contributed by atoms with Crippen molar-refractivity contribution in [2.24, 2.45) is 5.92 Å². The molecular weight excluding hydrogens is 294 g/mol. The Labute approximate surface area is 141 Å². The summed E-state index contributed by atoms with van der Waals surface area (Å²) in [7, 11) is 1.59. The Morgan fingerprint density at radius 2 is 1.57 bits per heavy atom. The predicted octanol–water partition coefficient (Wildman–Crippen LogP) is 4.39. The molecule has 0 saturated heterocycles. The quantitative estimate of drug-likeness (QED) is 0.393. The molecule has 0 fully saturated rings. The van der Waals surface area contributed by atoms with Gasteiger partial charge in [0.25, 0.3) is 0 Å². The number of hydrogen-bond acceptors (Lipinski definition) is 4. The summed E-state index contributed by atoms with van der Waals surface area (Å²) < 4.78 is 10.3. The van der Waals surface area contributed by atoms with Crippen LogP contribution in [0.3, 0.4) is 0 Å². The number of esters is 1. The van der Waals surface area contributed by atoms with E-state index in [9.17, 15) is 9.59 Å². The highest BCUT2D eigenvalue weighted by atomic mass is 16.6. The number of carbonyl (C=O) groups excluding carboxylic acids is 2. The van der Waals surface area contributed by atoms with E-state index in [2.05, 4.69) is 6.92 Å². The number of hydrogen-bond donors (Lipinski definition) is 0. The molecule has 0 spiro atoms. The number of rotatable bonds is 12. The monoisotopic (exact) mass is 329 g/mol. The Hall–Kier alpha value is -1.26. The molecule has 23 heavy (non-hydrogen) atoms. The fraction of sp³-hybridized carbons (Fsp3) is 0.889. The first kappa shape index (κ1) is 21.7. The summed E-state index contributed by atoms with van der Waals surface area (Å²) >= 11 is 0. The Morgan fingerprint density at radius 3 is 2.13 bits per heavy atom. The maximum atomic E-state index is 12.3. The van der Waals surface area contributed by atoms with E-state index in [0.717, 1.165) is 12.8 Å². The van der Waals surface area contributed by atoms with Gasteiger partial charge in [0.2, 0.25) is 0 Å². The molecule has 1 unspecified atom stereocenters. The maximum absolute atomic E-state index is 12.3. The van der Waals surface area contributed by atoms with Gasteiger partial charge in [0.15, 0.2) is 0 Å². The number of amides is 1. The number of carbonyl (C=O) groups is 2. The summed E-state index contributed by atoms with van der Waals surface area (Å²) in [5.41, 5.74) is 0. The molecule has 0 bridgehead atoms. The van der Waals surface area contributed by atoms with Gasteiger partial charge in [-0.25, -0.2) is 9.59 Å². The van der Waals surface area contributed by atoms with Gasteiger partial charge in [-0.1, -0.05) is 52.9 Å². The summed E-state index contributed by atoms with van der Waals surface area (Å²) in [5, 5.41) is 0. The average Bonchev–Trinajstić information content (AvgIpc) is 2.50. The van der Waals surface area contributed by atoms with Crippen molar-refractivity contribution in [1.29, 1.82) is 0 Å². The normalized spacial score (nSPS) is 12.1. The van der Waals surface area contributed by atoms with Crippen LogP contribution in [0.4, 0.5) is 4.79 Å². The second kappa shape index (κ2) is 13.2. The van der Waals surface area contributed by atoms with Crippen LogP contribution in [0.15, 0.2) is 0 Å². The Balaban J connectivity index is 4.27. The highest BCUT2D eigenvalue weighted by Gasteiger charge is 2.29. The predicted molar refractivity (Wildman–Crippen MR) is 92.4 cm³/mol. The van der Waals surface area contributed by atoms with Gasteiger partial charge in [-0.15, -0.1) is 0 Å². The molecule has 0 aliphatic rings. The lowest BCUT2D eigenvalue weighted by atomic mass is 10.0. The zero-order valence-corrected chi connectivity index (χ0v) is 15.6. The van der Waals surface area contributed by atoms with Crippen LogP contribution in [0.1, 0.15) is 72.6 Å². The lowest BCUT2D eigenvalue weighted by molar-refractivity contribution is -0.149. The third-order valence-electron chi connectivity index (χ3n) is 3.73. The minimum Gasteiger partial charge on any atom is -0.464 e. The molecule has 0 rings (SSSR count). The molecule has 0 aliphatic carbocycles. The van der Waals surface area contributed by atoms with Crippen molar-refractivity contribution in [1.82, 2.24) is 4.90 Å². The molecule has 1 amide bonds. The number of unbranched alkanes of at least 4 members (excludes halogenated alkanes) is 5. The van der Waals surface area contributed by atoms with Crippen LogP contribution in [0.25, 0.3) is 0 Å². The smallest absolute Gasteiger partial charge is 0.410 e. The first-order valence-corrected chi connectivity index (χ1v) is 9.00. The molecule has 5 nitrogen and oxygen atoms in total. The van der Waals surface area contributed by atoms with E-state index in [1.165, 1.54) is 30.6 Å². The Bertz CT molecular complexity index is 331. The second-order valence-corrected chi connectivity index (χ2v) is 6.39. The molecule has 0 aromatic carbocycles. The summed E-state index contributed by atoms with van der Waals surface area (Å²) in [4.78, 5) is 25.5. The van der Waals surface area contributed by atoms with E-state index in [1.54, 1.807) is 14.0 Å². The summed E-state index contributed by atoms with van der Waals surface area (Å²) in [5.74, 6) is -0.0405. The third-order valence-corrected chi connectivity index (χ3v) is 3.73. The standard InChI is InChI=1S/C18H35NO4/c1-6-8-9-10-11-12-13-23-17(20)16(14-15(3)4)19(5)18(21)22-7-2/h15-16H,6-14H2,1-5H3. The van der Waals surface area contributed by atoms with Gasteiger partial charge in [-0.05, 0) is 25.7 Å². The van der Waals surface area contributed by atoms with Crippen molar-refractivity contribution in [2.45, 2.75) is 78.7 Å². The molecule has 0 aromatic rings. The Kier molecular flexibility index (Phi) is 12.5. The van der Waals surface area contributed by atoms with Gasteiger partial charge in [-0.3, -0.25) is 4.90 Å². The van der Waals surface area contributed by atoms with Crippen LogP contribution in [0, 0.1) is 5.92 Å². The van der Waals surface area contributed by atoms with E-state index in [4.69, 9.17) is 9.47 Å². The molecule has 0 aromatic heterocycles. The zero-order valence-electron chi connectivity index (χ0n) is 15.6. The number of ether oxygens (including phenoxy) is 2. The summed E-state index contributed by atoms with van der Waals surface area (Å²) in [6, 6.07) is -0.575. The van der Waals surface area contributed by atoms with Crippen LogP contribution < -0.4 is 0 Å². The molecule has 1 atom stereocenters. The highest BCUT2D eigenvalue weighted by Crippen LogP contribution is 2.14. The zero-order chi connectivity index (χ0) is 17.7. The molecule has 0 radical (unpaired) electrons. The highest BCUT2D eigenvalue weighted by molar-refractivity contribution is 5.81. The lowest BCUT2D eigenvalue weighted by Crippen LogP contribution is -2.44. The Morgan fingerprint density at radius 1 is 0.957 bits per heavy atom. The van der Waals surface area contributed by atoms with Gasteiger partial charge in [0.1, 0.15) is 6.04 Å². The van der Waals surface area contributed by atoms with Gasteiger partial charge in [0, 0.05) is 7.05 Å². The van der Waals surface area contributed by atoms with Crippen LogP contribution in [0.2, 0.25) is 0 Å². The van der Waals surface area contributed by atoms with Crippen LogP contribution in [0.5, 0.6) is 0 Å². The molecule has 136 valence electrons. The van der Waals surface area contributed by atoms with Crippen molar-refractivity contribution >= 4 is 12.1 Å². The second-order valence-electron chi connectivity index (χ2n) is 6.39. The maximum Gasteiger partial charge on any atom is 0.410 e. The van der Waals surface area contributed by atoms with Crippen LogP contribution >= 0.6 is 0 Å². The SMILES string of the molecule is CCCCCCCCOC(=O)C(CC(C)C)N(C)C(=O)OCC. The van der Waals surface area contributed by atoms with E-state index < -0.39 is 12.1 Å². The number of nitrogens with zero attached hydrogens (tertiary/aromatic N) is 1. The molecule has 0 heterocycles. The van der Waals surface area contributed by atoms with E-state index in [1.807, 2.05) is 13.8 Å². The van der Waals surface area contributed by atoms with Crippen LogP contribution in [-0.4, -0.2) is 43.3 Å². The summed E-state index contributed by atoms with van der Waals surface area (Å²) in [6.07, 6.45) is 6.98.